The Labute approximate surface area is 131 Å². The largest absolute Gasteiger partial charge is 0.375 e. The highest BCUT2D eigenvalue weighted by atomic mass is 16.5. The van der Waals surface area contributed by atoms with Gasteiger partial charge in [-0.2, -0.15) is 0 Å². The van der Waals surface area contributed by atoms with Crippen molar-refractivity contribution in [2.24, 2.45) is 0 Å². The number of carbonyl (C=O) groups excluding carboxylic acids is 2. The normalized spacial score (nSPS) is 12.4. The summed E-state index contributed by atoms with van der Waals surface area (Å²) < 4.78 is 4.75. The third kappa shape index (κ3) is 6.58. The van der Waals surface area contributed by atoms with Crippen molar-refractivity contribution in [3.63, 3.8) is 0 Å². The van der Waals surface area contributed by atoms with E-state index in [0.717, 1.165) is 5.69 Å². The van der Waals surface area contributed by atoms with Crippen molar-refractivity contribution in [3.8, 4) is 0 Å². The van der Waals surface area contributed by atoms with Gasteiger partial charge in [0.25, 0.3) is 0 Å². The smallest absolute Gasteiger partial charge is 0.250 e. The van der Waals surface area contributed by atoms with E-state index in [-0.39, 0.29) is 30.0 Å². The first-order valence-electron chi connectivity index (χ1n) is 7.18. The highest BCUT2D eigenvalue weighted by Crippen LogP contribution is 2.14. The number of carbonyl (C=O) groups is 2. The number of hydrogen-bond donors (Lipinski definition) is 3. The standard InChI is InChI=1S/C16H25N3O3/c1-11(15(21)19-16(2,3)4)17-12-6-8-13(9-7-12)18-14(20)10-22-5/h6-9,11,17H,10H2,1-5H3,(H,18,20)(H,19,21)/t11-/m0/s1. The number of anilines is 2. The Balaban J connectivity index is 2.56. The lowest BCUT2D eigenvalue weighted by atomic mass is 10.1. The Kier molecular flexibility index (Phi) is 6.37. The van der Waals surface area contributed by atoms with Crippen LogP contribution in [-0.4, -0.2) is 37.1 Å². The molecule has 0 saturated heterocycles. The molecular weight excluding hydrogens is 282 g/mol. The van der Waals surface area contributed by atoms with E-state index in [9.17, 15) is 9.59 Å². The van der Waals surface area contributed by atoms with E-state index in [1.54, 1.807) is 19.1 Å². The molecule has 122 valence electrons. The van der Waals surface area contributed by atoms with Crippen molar-refractivity contribution in [3.05, 3.63) is 24.3 Å². The van der Waals surface area contributed by atoms with Crippen LogP contribution in [0.5, 0.6) is 0 Å². The van der Waals surface area contributed by atoms with Crippen LogP contribution in [-0.2, 0) is 14.3 Å². The molecule has 0 aliphatic heterocycles. The highest BCUT2D eigenvalue weighted by Gasteiger charge is 2.18. The van der Waals surface area contributed by atoms with Gasteiger partial charge < -0.3 is 20.7 Å². The Hall–Kier alpha value is -2.08. The molecule has 22 heavy (non-hydrogen) atoms. The molecule has 0 heterocycles. The van der Waals surface area contributed by atoms with Crippen molar-refractivity contribution in [2.45, 2.75) is 39.3 Å². The molecule has 0 fully saturated rings. The molecule has 0 aliphatic rings. The van der Waals surface area contributed by atoms with E-state index >= 15 is 0 Å². The van der Waals surface area contributed by atoms with Gasteiger partial charge in [-0.05, 0) is 52.0 Å². The monoisotopic (exact) mass is 307 g/mol. The zero-order valence-corrected chi connectivity index (χ0v) is 13.8. The molecule has 0 aliphatic carbocycles. The van der Waals surface area contributed by atoms with Crippen molar-refractivity contribution >= 4 is 23.2 Å². The first kappa shape index (κ1) is 18.0. The molecule has 0 bridgehead atoms. The number of ether oxygens (including phenoxy) is 1. The van der Waals surface area contributed by atoms with Crippen molar-refractivity contribution in [2.75, 3.05) is 24.4 Å². The summed E-state index contributed by atoms with van der Waals surface area (Å²) in [7, 11) is 1.47. The fourth-order valence-electron chi connectivity index (χ4n) is 1.77. The van der Waals surface area contributed by atoms with E-state index in [4.69, 9.17) is 4.74 Å². The molecule has 6 heteroatoms. The molecular formula is C16H25N3O3. The predicted octanol–water partition coefficient (Wildman–Crippen LogP) is 1.99. The summed E-state index contributed by atoms with van der Waals surface area (Å²) in [6.07, 6.45) is 0. The lowest BCUT2D eigenvalue weighted by Gasteiger charge is -2.24. The zero-order valence-electron chi connectivity index (χ0n) is 13.8. The van der Waals surface area contributed by atoms with Gasteiger partial charge in [-0.25, -0.2) is 0 Å². The van der Waals surface area contributed by atoms with Crippen LogP contribution in [0.2, 0.25) is 0 Å². The summed E-state index contributed by atoms with van der Waals surface area (Å²) in [6, 6.07) is 6.80. The van der Waals surface area contributed by atoms with Gasteiger partial charge >= 0.3 is 0 Å². The minimum Gasteiger partial charge on any atom is -0.375 e. The van der Waals surface area contributed by atoms with E-state index in [1.165, 1.54) is 7.11 Å². The first-order valence-corrected chi connectivity index (χ1v) is 7.18. The molecule has 1 rings (SSSR count). The molecule has 1 atom stereocenters. The molecule has 0 unspecified atom stereocenters. The predicted molar refractivity (Wildman–Crippen MR) is 87.9 cm³/mol. The summed E-state index contributed by atoms with van der Waals surface area (Å²) in [5.41, 5.74) is 1.23. The number of benzene rings is 1. The fraction of sp³-hybridized carbons (Fsp3) is 0.500. The van der Waals surface area contributed by atoms with Crippen LogP contribution in [0.3, 0.4) is 0 Å². The Morgan fingerprint density at radius 2 is 1.68 bits per heavy atom. The molecule has 0 aromatic heterocycles. The van der Waals surface area contributed by atoms with Gasteiger partial charge in [-0.3, -0.25) is 9.59 Å². The SMILES string of the molecule is COCC(=O)Nc1ccc(N[C@@H](C)C(=O)NC(C)(C)C)cc1. The van der Waals surface area contributed by atoms with Crippen LogP contribution >= 0.6 is 0 Å². The molecule has 0 spiro atoms. The highest BCUT2D eigenvalue weighted by molar-refractivity contribution is 5.92. The molecule has 0 radical (unpaired) electrons. The van der Waals surface area contributed by atoms with Gasteiger partial charge in [0.2, 0.25) is 11.8 Å². The number of amides is 2. The van der Waals surface area contributed by atoms with Gasteiger partial charge in [0.05, 0.1) is 0 Å². The van der Waals surface area contributed by atoms with Crippen LogP contribution in [0.15, 0.2) is 24.3 Å². The fourth-order valence-corrected chi connectivity index (χ4v) is 1.77. The molecule has 0 saturated carbocycles. The van der Waals surface area contributed by atoms with Gasteiger partial charge in [0.15, 0.2) is 0 Å². The Morgan fingerprint density at radius 1 is 1.14 bits per heavy atom. The van der Waals surface area contributed by atoms with Crippen molar-refractivity contribution in [1.82, 2.24) is 5.32 Å². The van der Waals surface area contributed by atoms with Crippen LogP contribution in [0.1, 0.15) is 27.7 Å². The van der Waals surface area contributed by atoms with Crippen LogP contribution < -0.4 is 16.0 Å². The summed E-state index contributed by atoms with van der Waals surface area (Å²) in [5.74, 6) is -0.272. The summed E-state index contributed by atoms with van der Waals surface area (Å²) >= 11 is 0. The molecule has 2 amide bonds. The molecule has 6 nitrogen and oxygen atoms in total. The summed E-state index contributed by atoms with van der Waals surface area (Å²) in [6.45, 7) is 7.64. The first-order chi connectivity index (χ1) is 10.2. The topological polar surface area (TPSA) is 79.5 Å². The summed E-state index contributed by atoms with van der Waals surface area (Å²) in [4.78, 5) is 23.4. The molecule has 1 aromatic rings. The molecule has 3 N–H and O–H groups in total. The van der Waals surface area contributed by atoms with Crippen molar-refractivity contribution in [1.29, 1.82) is 0 Å². The second-order valence-electron chi connectivity index (χ2n) is 6.16. The third-order valence-electron chi connectivity index (χ3n) is 2.72. The Morgan fingerprint density at radius 3 is 2.18 bits per heavy atom. The van der Waals surface area contributed by atoms with Crippen LogP contribution in [0.25, 0.3) is 0 Å². The second kappa shape index (κ2) is 7.79. The summed E-state index contributed by atoms with van der Waals surface area (Å²) in [5, 5.41) is 8.75. The lowest BCUT2D eigenvalue weighted by molar-refractivity contribution is -0.123. The van der Waals surface area contributed by atoms with E-state index in [0.29, 0.717) is 5.69 Å². The van der Waals surface area contributed by atoms with Gasteiger partial charge in [0, 0.05) is 24.0 Å². The third-order valence-corrected chi connectivity index (χ3v) is 2.72. The minimum absolute atomic E-state index is 0.0179. The maximum atomic E-state index is 12.0. The number of methoxy groups -OCH3 is 1. The van der Waals surface area contributed by atoms with Gasteiger partial charge in [-0.1, -0.05) is 0 Å². The number of rotatable bonds is 6. The lowest BCUT2D eigenvalue weighted by Crippen LogP contribution is -2.47. The minimum atomic E-state index is -0.354. The average Bonchev–Trinajstić information content (AvgIpc) is 2.39. The quantitative estimate of drug-likeness (QED) is 0.751. The zero-order chi connectivity index (χ0) is 16.8. The van der Waals surface area contributed by atoms with Gasteiger partial charge in [-0.15, -0.1) is 0 Å². The van der Waals surface area contributed by atoms with Crippen LogP contribution in [0.4, 0.5) is 11.4 Å². The average molecular weight is 307 g/mol. The van der Waals surface area contributed by atoms with E-state index in [2.05, 4.69) is 16.0 Å². The second-order valence-corrected chi connectivity index (χ2v) is 6.16. The number of hydrogen-bond acceptors (Lipinski definition) is 4. The maximum Gasteiger partial charge on any atom is 0.250 e. The number of nitrogens with one attached hydrogen (secondary N) is 3. The van der Waals surface area contributed by atoms with E-state index in [1.807, 2.05) is 32.9 Å². The molecule has 1 aromatic carbocycles. The van der Waals surface area contributed by atoms with Crippen LogP contribution in [0, 0.1) is 0 Å². The van der Waals surface area contributed by atoms with Gasteiger partial charge in [0.1, 0.15) is 12.6 Å². The Bertz CT molecular complexity index is 506. The van der Waals surface area contributed by atoms with E-state index < -0.39 is 0 Å². The van der Waals surface area contributed by atoms with Crippen molar-refractivity contribution < 1.29 is 14.3 Å². The maximum absolute atomic E-state index is 12.0.